The van der Waals surface area contributed by atoms with Crippen LogP contribution in [0.1, 0.15) is 30.1 Å². The number of imidazole rings is 1. The first-order valence-corrected chi connectivity index (χ1v) is 10.3. The largest absolute Gasteiger partial charge is 0.495 e. The van der Waals surface area contributed by atoms with Gasteiger partial charge < -0.3 is 19.9 Å². The van der Waals surface area contributed by atoms with Crippen LogP contribution >= 0.6 is 11.6 Å². The molecule has 0 aliphatic carbocycles. The number of benzene rings is 2. The van der Waals surface area contributed by atoms with E-state index in [4.69, 9.17) is 21.3 Å². The van der Waals surface area contributed by atoms with Crippen molar-refractivity contribution < 1.29 is 14.4 Å². The van der Waals surface area contributed by atoms with Gasteiger partial charge in [-0.2, -0.15) is 0 Å². The number of H-pyrrole nitrogens is 1. The van der Waals surface area contributed by atoms with Crippen LogP contribution in [0, 0.1) is 6.92 Å². The Bertz CT molecular complexity index is 1020. The normalized spacial score (nSPS) is 19.3. The van der Waals surface area contributed by atoms with Gasteiger partial charge in [-0.05, 0) is 42.8 Å². The number of aromatic nitrogens is 2. The van der Waals surface area contributed by atoms with Crippen molar-refractivity contribution in [2.24, 2.45) is 0 Å². The molecule has 2 aromatic carbocycles. The standard InChI is InChI=1S/C22H25ClN4O2/c1-14-3-5-17-18(11-14)26-22(25-17)15-7-9-27(10-8-15)13-21(28)24-19-12-16(23)4-6-20(19)29-2/h3-6,11-12,15H,7-10,13H2,1-2H3,(H,24,28)(H,25,26)/p+1. The number of aryl methyl sites for hydroxylation is 1. The molecule has 0 spiro atoms. The minimum Gasteiger partial charge on any atom is -0.495 e. The number of rotatable bonds is 5. The number of ether oxygens (including phenoxy) is 1. The third-order valence-electron chi connectivity index (χ3n) is 5.58. The summed E-state index contributed by atoms with van der Waals surface area (Å²) in [4.78, 5) is 22.1. The minimum atomic E-state index is -0.0294. The van der Waals surface area contributed by atoms with Gasteiger partial charge in [0, 0.05) is 23.8 Å². The van der Waals surface area contributed by atoms with Gasteiger partial charge in [0.15, 0.2) is 6.54 Å². The van der Waals surface area contributed by atoms with Crippen molar-refractivity contribution in [3.8, 4) is 5.75 Å². The Kier molecular flexibility index (Phi) is 5.74. The molecule has 0 saturated carbocycles. The summed E-state index contributed by atoms with van der Waals surface area (Å²) in [5, 5.41) is 3.49. The van der Waals surface area contributed by atoms with Crippen LogP contribution in [0.4, 0.5) is 5.69 Å². The van der Waals surface area contributed by atoms with Gasteiger partial charge in [-0.15, -0.1) is 0 Å². The number of nitrogens with zero attached hydrogens (tertiary/aromatic N) is 1. The van der Waals surface area contributed by atoms with Crippen LogP contribution in [0.5, 0.6) is 5.75 Å². The molecule has 1 aliphatic heterocycles. The van der Waals surface area contributed by atoms with E-state index in [1.165, 1.54) is 10.5 Å². The smallest absolute Gasteiger partial charge is 0.279 e. The topological polar surface area (TPSA) is 71.4 Å². The number of hydrogen-bond donors (Lipinski definition) is 3. The Morgan fingerprint density at radius 3 is 2.83 bits per heavy atom. The van der Waals surface area contributed by atoms with Crippen molar-refractivity contribution in [3.05, 3.63) is 52.8 Å². The molecule has 1 fully saturated rings. The van der Waals surface area contributed by atoms with Crippen LogP contribution in [0.25, 0.3) is 11.0 Å². The molecule has 152 valence electrons. The van der Waals surface area contributed by atoms with Gasteiger partial charge in [0.1, 0.15) is 11.6 Å². The highest BCUT2D eigenvalue weighted by Gasteiger charge is 2.27. The molecule has 4 rings (SSSR count). The zero-order valence-corrected chi connectivity index (χ0v) is 17.5. The number of hydrogen-bond acceptors (Lipinski definition) is 3. The predicted molar refractivity (Wildman–Crippen MR) is 115 cm³/mol. The number of halogens is 1. The van der Waals surface area contributed by atoms with Crippen LogP contribution in [0.3, 0.4) is 0 Å². The van der Waals surface area contributed by atoms with Gasteiger partial charge in [0.2, 0.25) is 0 Å². The number of quaternary nitrogens is 1. The van der Waals surface area contributed by atoms with Gasteiger partial charge >= 0.3 is 0 Å². The Hall–Kier alpha value is -2.57. The van der Waals surface area contributed by atoms with Gasteiger partial charge in [0.25, 0.3) is 5.91 Å². The molecular weight excluding hydrogens is 388 g/mol. The number of amides is 1. The van der Waals surface area contributed by atoms with E-state index in [1.54, 1.807) is 25.3 Å². The van der Waals surface area contributed by atoms with Gasteiger partial charge in [-0.1, -0.05) is 17.7 Å². The number of carbonyl (C=O) groups is 1. The van der Waals surface area contributed by atoms with Crippen molar-refractivity contribution >= 4 is 34.2 Å². The highest BCUT2D eigenvalue weighted by atomic mass is 35.5. The van der Waals surface area contributed by atoms with Gasteiger partial charge in [-0.25, -0.2) is 4.98 Å². The number of nitrogens with one attached hydrogen (secondary N) is 3. The number of methoxy groups -OCH3 is 1. The summed E-state index contributed by atoms with van der Waals surface area (Å²) in [5.74, 6) is 2.06. The Morgan fingerprint density at radius 2 is 2.07 bits per heavy atom. The lowest BCUT2D eigenvalue weighted by molar-refractivity contribution is -0.897. The lowest BCUT2D eigenvalue weighted by atomic mass is 9.96. The average Bonchev–Trinajstić information content (AvgIpc) is 3.12. The van der Waals surface area contributed by atoms with Crippen LogP contribution in [0.2, 0.25) is 5.02 Å². The monoisotopic (exact) mass is 413 g/mol. The zero-order valence-electron chi connectivity index (χ0n) is 16.7. The van der Waals surface area contributed by atoms with Gasteiger partial charge in [-0.3, -0.25) is 4.79 Å². The van der Waals surface area contributed by atoms with Crippen molar-refractivity contribution in [1.29, 1.82) is 0 Å². The second-order valence-electron chi connectivity index (χ2n) is 7.74. The first-order chi connectivity index (χ1) is 14.0. The molecule has 3 N–H and O–H groups in total. The molecule has 0 atom stereocenters. The molecule has 0 bridgehead atoms. The fraction of sp³-hybridized carbons (Fsp3) is 0.364. The molecular formula is C22H26ClN4O2+. The number of likely N-dealkylation sites (tertiary alicyclic amines) is 1. The number of piperidine rings is 1. The third kappa shape index (κ3) is 4.54. The first-order valence-electron chi connectivity index (χ1n) is 9.95. The summed E-state index contributed by atoms with van der Waals surface area (Å²) in [7, 11) is 1.58. The number of aromatic amines is 1. The first kappa shape index (κ1) is 19.7. The summed E-state index contributed by atoms with van der Waals surface area (Å²) >= 11 is 6.04. The maximum absolute atomic E-state index is 12.5. The van der Waals surface area contributed by atoms with E-state index in [2.05, 4.69) is 35.4 Å². The molecule has 0 unspecified atom stereocenters. The Balaban J connectivity index is 1.33. The Labute approximate surface area is 175 Å². The van der Waals surface area contributed by atoms with E-state index < -0.39 is 0 Å². The molecule has 3 aromatic rings. The van der Waals surface area contributed by atoms with E-state index in [0.29, 0.717) is 28.9 Å². The van der Waals surface area contributed by atoms with Crippen LogP contribution in [-0.2, 0) is 4.79 Å². The summed E-state index contributed by atoms with van der Waals surface area (Å²) in [5.41, 5.74) is 3.96. The number of carbonyl (C=O) groups excluding carboxylic acids is 1. The van der Waals surface area contributed by atoms with Crippen LogP contribution in [0.15, 0.2) is 36.4 Å². The number of fused-ring (bicyclic) bond motifs is 1. The van der Waals surface area contributed by atoms with Crippen molar-refractivity contribution in [3.63, 3.8) is 0 Å². The van der Waals surface area contributed by atoms with Crippen molar-refractivity contribution in [2.45, 2.75) is 25.7 Å². The zero-order chi connectivity index (χ0) is 20.4. The predicted octanol–water partition coefficient (Wildman–Crippen LogP) is 2.93. The summed E-state index contributed by atoms with van der Waals surface area (Å²) < 4.78 is 5.30. The summed E-state index contributed by atoms with van der Waals surface area (Å²) in [6, 6.07) is 11.5. The van der Waals surface area contributed by atoms with E-state index in [0.717, 1.165) is 42.8 Å². The van der Waals surface area contributed by atoms with E-state index in [9.17, 15) is 4.79 Å². The van der Waals surface area contributed by atoms with Crippen molar-refractivity contribution in [2.75, 3.05) is 32.1 Å². The molecule has 6 nitrogen and oxygen atoms in total. The average molecular weight is 414 g/mol. The van der Waals surface area contributed by atoms with Crippen LogP contribution < -0.4 is 15.0 Å². The molecule has 1 amide bonds. The lowest BCUT2D eigenvalue weighted by Gasteiger charge is -2.27. The summed E-state index contributed by atoms with van der Waals surface area (Å²) in [6.07, 6.45) is 2.03. The summed E-state index contributed by atoms with van der Waals surface area (Å²) in [6.45, 7) is 4.41. The molecule has 1 aromatic heterocycles. The molecule has 1 aliphatic rings. The maximum atomic E-state index is 12.5. The highest BCUT2D eigenvalue weighted by Crippen LogP contribution is 2.27. The lowest BCUT2D eigenvalue weighted by Crippen LogP contribution is -3.14. The fourth-order valence-corrected chi connectivity index (χ4v) is 4.18. The Morgan fingerprint density at radius 1 is 1.28 bits per heavy atom. The van der Waals surface area contributed by atoms with E-state index in [1.807, 2.05) is 0 Å². The quantitative estimate of drug-likeness (QED) is 0.602. The third-order valence-corrected chi connectivity index (χ3v) is 5.82. The second-order valence-corrected chi connectivity index (χ2v) is 8.17. The fourth-order valence-electron chi connectivity index (χ4n) is 4.01. The molecule has 7 heteroatoms. The van der Waals surface area contributed by atoms with E-state index in [-0.39, 0.29) is 5.91 Å². The van der Waals surface area contributed by atoms with Gasteiger partial charge in [0.05, 0.1) is 36.9 Å². The van der Waals surface area contributed by atoms with Crippen LogP contribution in [-0.4, -0.2) is 42.6 Å². The van der Waals surface area contributed by atoms with Crippen molar-refractivity contribution in [1.82, 2.24) is 9.97 Å². The minimum absolute atomic E-state index is 0.0294. The molecule has 2 heterocycles. The molecule has 1 saturated heterocycles. The molecule has 0 radical (unpaired) electrons. The molecule has 29 heavy (non-hydrogen) atoms. The SMILES string of the molecule is COc1ccc(Cl)cc1NC(=O)C[NH+]1CCC(c2nc3ccc(C)cc3[nH]2)CC1. The highest BCUT2D eigenvalue weighted by molar-refractivity contribution is 6.31. The number of anilines is 1. The maximum Gasteiger partial charge on any atom is 0.279 e. The second kappa shape index (κ2) is 8.43. The van der Waals surface area contributed by atoms with E-state index >= 15 is 0 Å².